The monoisotopic (exact) mass is 350 g/mol. The Labute approximate surface area is 155 Å². The first-order chi connectivity index (χ1) is 12.4. The minimum absolute atomic E-state index is 0.0139. The Morgan fingerprint density at radius 2 is 1.77 bits per heavy atom. The third-order valence-electron chi connectivity index (χ3n) is 5.14. The zero-order valence-corrected chi connectivity index (χ0v) is 15.9. The van der Waals surface area contributed by atoms with Crippen molar-refractivity contribution in [3.63, 3.8) is 0 Å². The summed E-state index contributed by atoms with van der Waals surface area (Å²) in [7, 11) is 0. The van der Waals surface area contributed by atoms with Crippen LogP contribution < -0.4 is 5.32 Å². The molecule has 2 aromatic rings. The predicted molar refractivity (Wildman–Crippen MR) is 104 cm³/mol. The number of hydrogen-bond acceptors (Lipinski definition) is 2. The summed E-state index contributed by atoms with van der Waals surface area (Å²) in [5, 5.41) is 3.07. The molecule has 0 saturated carbocycles. The van der Waals surface area contributed by atoms with Gasteiger partial charge in [-0.05, 0) is 49.4 Å². The van der Waals surface area contributed by atoms with Gasteiger partial charge in [0.1, 0.15) is 0 Å². The van der Waals surface area contributed by atoms with E-state index < -0.39 is 0 Å². The highest BCUT2D eigenvalue weighted by molar-refractivity contribution is 5.93. The van der Waals surface area contributed by atoms with Crippen molar-refractivity contribution >= 4 is 17.5 Å². The van der Waals surface area contributed by atoms with Gasteiger partial charge in [-0.1, -0.05) is 42.0 Å². The minimum Gasteiger partial charge on any atom is -0.335 e. The van der Waals surface area contributed by atoms with Gasteiger partial charge in [0, 0.05) is 19.2 Å². The van der Waals surface area contributed by atoms with E-state index in [4.69, 9.17) is 0 Å². The standard InChI is InChI=1S/C22H26N2O2/c1-14-11-15(2)22(16(3)12-14)23-21(26)13-20-19-8-6-5-7-18(19)9-10-24(20)17(4)25/h5-8,11-12,20H,9-10,13H2,1-4H3,(H,23,26). The summed E-state index contributed by atoms with van der Waals surface area (Å²) < 4.78 is 0. The third kappa shape index (κ3) is 3.64. The molecule has 1 aliphatic rings. The summed E-state index contributed by atoms with van der Waals surface area (Å²) in [4.78, 5) is 26.7. The Hall–Kier alpha value is -2.62. The lowest BCUT2D eigenvalue weighted by molar-refractivity contribution is -0.132. The maximum absolute atomic E-state index is 12.8. The number of rotatable bonds is 3. The fourth-order valence-corrected chi connectivity index (χ4v) is 3.99. The molecule has 4 heteroatoms. The summed E-state index contributed by atoms with van der Waals surface area (Å²) in [6.45, 7) is 8.30. The van der Waals surface area contributed by atoms with Crippen LogP contribution >= 0.6 is 0 Å². The van der Waals surface area contributed by atoms with E-state index in [1.807, 2.05) is 36.9 Å². The van der Waals surface area contributed by atoms with Gasteiger partial charge in [-0.2, -0.15) is 0 Å². The van der Waals surface area contributed by atoms with Crippen LogP contribution in [0.15, 0.2) is 36.4 Å². The molecule has 0 spiro atoms. The van der Waals surface area contributed by atoms with E-state index in [1.54, 1.807) is 6.92 Å². The molecule has 0 radical (unpaired) electrons. The Bertz CT molecular complexity index is 834. The van der Waals surface area contributed by atoms with Gasteiger partial charge in [0.2, 0.25) is 11.8 Å². The van der Waals surface area contributed by atoms with Crippen molar-refractivity contribution in [2.24, 2.45) is 0 Å². The number of nitrogens with one attached hydrogen (secondary N) is 1. The van der Waals surface area contributed by atoms with Crippen LogP contribution in [-0.2, 0) is 16.0 Å². The number of amides is 2. The van der Waals surface area contributed by atoms with E-state index in [9.17, 15) is 9.59 Å². The van der Waals surface area contributed by atoms with Crippen LogP contribution in [-0.4, -0.2) is 23.3 Å². The van der Waals surface area contributed by atoms with Crippen molar-refractivity contribution in [1.29, 1.82) is 0 Å². The molecule has 0 bridgehead atoms. The van der Waals surface area contributed by atoms with Gasteiger partial charge in [-0.3, -0.25) is 9.59 Å². The van der Waals surface area contributed by atoms with E-state index in [0.29, 0.717) is 6.54 Å². The van der Waals surface area contributed by atoms with Gasteiger partial charge >= 0.3 is 0 Å². The van der Waals surface area contributed by atoms with E-state index in [2.05, 4.69) is 30.4 Å². The molecular weight excluding hydrogens is 324 g/mol. The smallest absolute Gasteiger partial charge is 0.226 e. The largest absolute Gasteiger partial charge is 0.335 e. The number of fused-ring (bicyclic) bond motifs is 1. The van der Waals surface area contributed by atoms with Crippen molar-refractivity contribution in [2.45, 2.75) is 46.6 Å². The van der Waals surface area contributed by atoms with Crippen molar-refractivity contribution < 1.29 is 9.59 Å². The van der Waals surface area contributed by atoms with Crippen molar-refractivity contribution in [2.75, 3.05) is 11.9 Å². The minimum atomic E-state index is -0.205. The number of carbonyl (C=O) groups is 2. The molecule has 26 heavy (non-hydrogen) atoms. The van der Waals surface area contributed by atoms with E-state index in [-0.39, 0.29) is 24.3 Å². The SMILES string of the molecule is CC(=O)N1CCc2ccccc2C1CC(=O)Nc1c(C)cc(C)cc1C. The Kier molecular flexibility index (Phi) is 5.12. The fraction of sp³-hybridized carbons (Fsp3) is 0.364. The van der Waals surface area contributed by atoms with E-state index in [0.717, 1.165) is 28.8 Å². The quantitative estimate of drug-likeness (QED) is 0.906. The Morgan fingerprint density at radius 3 is 2.42 bits per heavy atom. The van der Waals surface area contributed by atoms with E-state index in [1.165, 1.54) is 11.1 Å². The molecule has 0 aromatic heterocycles. The van der Waals surface area contributed by atoms with Crippen LogP contribution in [0.5, 0.6) is 0 Å². The second-order valence-electron chi connectivity index (χ2n) is 7.20. The number of aryl methyl sites for hydroxylation is 3. The van der Waals surface area contributed by atoms with Gasteiger partial charge < -0.3 is 10.2 Å². The van der Waals surface area contributed by atoms with Gasteiger partial charge in [0.15, 0.2) is 0 Å². The molecule has 1 heterocycles. The molecule has 4 nitrogen and oxygen atoms in total. The summed E-state index contributed by atoms with van der Waals surface area (Å²) in [6.07, 6.45) is 1.10. The van der Waals surface area contributed by atoms with Crippen molar-refractivity contribution in [3.8, 4) is 0 Å². The molecule has 1 atom stereocenters. The van der Waals surface area contributed by atoms with Crippen LogP contribution in [0.3, 0.4) is 0 Å². The summed E-state index contributed by atoms with van der Waals surface area (Å²) >= 11 is 0. The first-order valence-corrected chi connectivity index (χ1v) is 9.09. The van der Waals surface area contributed by atoms with Crippen LogP contribution in [0.2, 0.25) is 0 Å². The summed E-state index contributed by atoms with van der Waals surface area (Å²) in [5.74, 6) is -0.0481. The lowest BCUT2D eigenvalue weighted by Crippen LogP contribution is -2.40. The van der Waals surface area contributed by atoms with Gasteiger partial charge in [0.05, 0.1) is 12.5 Å². The summed E-state index contributed by atoms with van der Waals surface area (Å²) in [5.41, 5.74) is 6.49. The fourth-order valence-electron chi connectivity index (χ4n) is 3.99. The number of carbonyl (C=O) groups excluding carboxylic acids is 2. The number of benzene rings is 2. The number of hydrogen-bond donors (Lipinski definition) is 1. The molecule has 2 aromatic carbocycles. The molecule has 1 N–H and O–H groups in total. The first kappa shape index (κ1) is 18.2. The van der Waals surface area contributed by atoms with Gasteiger partial charge in [-0.25, -0.2) is 0 Å². The molecule has 0 saturated heterocycles. The average molecular weight is 350 g/mol. The zero-order valence-electron chi connectivity index (χ0n) is 15.9. The normalized spacial score (nSPS) is 16.2. The second kappa shape index (κ2) is 7.32. The highest BCUT2D eigenvalue weighted by Crippen LogP contribution is 2.33. The third-order valence-corrected chi connectivity index (χ3v) is 5.14. The molecule has 0 aliphatic carbocycles. The second-order valence-corrected chi connectivity index (χ2v) is 7.20. The van der Waals surface area contributed by atoms with Gasteiger partial charge in [-0.15, -0.1) is 0 Å². The highest BCUT2D eigenvalue weighted by atomic mass is 16.2. The topological polar surface area (TPSA) is 49.4 Å². The summed E-state index contributed by atoms with van der Waals surface area (Å²) in [6, 6.07) is 12.0. The van der Waals surface area contributed by atoms with Crippen molar-refractivity contribution in [1.82, 2.24) is 4.90 Å². The zero-order chi connectivity index (χ0) is 18.8. The number of anilines is 1. The lowest BCUT2D eigenvalue weighted by Gasteiger charge is -2.36. The van der Waals surface area contributed by atoms with Crippen LogP contribution in [0.25, 0.3) is 0 Å². The lowest BCUT2D eigenvalue weighted by atomic mass is 9.90. The van der Waals surface area contributed by atoms with Crippen LogP contribution in [0, 0.1) is 20.8 Å². The Morgan fingerprint density at radius 1 is 1.12 bits per heavy atom. The maximum atomic E-state index is 12.8. The van der Waals surface area contributed by atoms with Gasteiger partial charge in [0.25, 0.3) is 0 Å². The van der Waals surface area contributed by atoms with Crippen molar-refractivity contribution in [3.05, 3.63) is 64.2 Å². The predicted octanol–water partition coefficient (Wildman–Crippen LogP) is 4.09. The number of nitrogens with zero attached hydrogens (tertiary/aromatic N) is 1. The Balaban J connectivity index is 1.84. The molecule has 0 fully saturated rings. The highest BCUT2D eigenvalue weighted by Gasteiger charge is 2.30. The van der Waals surface area contributed by atoms with Crippen LogP contribution in [0.4, 0.5) is 5.69 Å². The molecule has 2 amide bonds. The average Bonchev–Trinajstić information content (AvgIpc) is 2.58. The molecule has 1 unspecified atom stereocenters. The molecule has 136 valence electrons. The molecule has 1 aliphatic heterocycles. The first-order valence-electron chi connectivity index (χ1n) is 9.09. The van der Waals surface area contributed by atoms with E-state index >= 15 is 0 Å². The maximum Gasteiger partial charge on any atom is 0.226 e. The molecule has 3 rings (SSSR count). The van der Waals surface area contributed by atoms with Crippen LogP contribution in [0.1, 0.15) is 47.2 Å². The molecular formula is C22H26N2O2.